The average Bonchev–Trinajstić information content (AvgIpc) is 3.33. The molecule has 0 spiro atoms. The quantitative estimate of drug-likeness (QED) is 0.510. The Morgan fingerprint density at radius 2 is 1.79 bits per heavy atom. The number of alkyl halides is 3. The van der Waals surface area contributed by atoms with E-state index in [0.717, 1.165) is 44.2 Å². The predicted molar refractivity (Wildman–Crippen MR) is 120 cm³/mol. The molecular formula is C25H25F4N5. The summed E-state index contributed by atoms with van der Waals surface area (Å²) in [5.41, 5.74) is 1.07. The number of hydrogen-bond acceptors (Lipinski definition) is 5. The molecule has 2 aliphatic rings. The van der Waals surface area contributed by atoms with Gasteiger partial charge in [-0.05, 0) is 67.5 Å². The molecule has 0 bridgehead atoms. The zero-order chi connectivity index (χ0) is 23.9. The molecule has 1 saturated carbocycles. The number of aromatic nitrogens is 3. The lowest BCUT2D eigenvalue weighted by atomic mass is 10.0. The largest absolute Gasteiger partial charge is 0.420 e. The van der Waals surface area contributed by atoms with Crippen molar-refractivity contribution in [1.29, 1.82) is 0 Å². The summed E-state index contributed by atoms with van der Waals surface area (Å²) in [4.78, 5) is 6.75. The van der Waals surface area contributed by atoms with Crippen LogP contribution in [-0.4, -0.2) is 39.2 Å². The number of anilines is 1. The number of rotatable bonds is 5. The van der Waals surface area contributed by atoms with E-state index in [-0.39, 0.29) is 17.6 Å². The Morgan fingerprint density at radius 1 is 1.03 bits per heavy atom. The zero-order valence-electron chi connectivity index (χ0n) is 18.7. The van der Waals surface area contributed by atoms with E-state index < -0.39 is 17.6 Å². The number of nitrogens with one attached hydrogen (secondary N) is 1. The first kappa shape index (κ1) is 22.7. The van der Waals surface area contributed by atoms with Gasteiger partial charge >= 0.3 is 6.18 Å². The van der Waals surface area contributed by atoms with Gasteiger partial charge in [0.15, 0.2) is 5.82 Å². The van der Waals surface area contributed by atoms with E-state index in [4.69, 9.17) is 0 Å². The van der Waals surface area contributed by atoms with Gasteiger partial charge in [0.2, 0.25) is 0 Å². The van der Waals surface area contributed by atoms with Crippen LogP contribution in [0.1, 0.15) is 29.7 Å². The molecule has 1 N–H and O–H groups in total. The molecule has 2 aromatic heterocycles. The molecule has 9 heteroatoms. The van der Waals surface area contributed by atoms with Crippen molar-refractivity contribution < 1.29 is 17.6 Å². The maximum atomic E-state index is 13.9. The number of nitrogens with zero attached hydrogens (tertiary/aromatic N) is 4. The van der Waals surface area contributed by atoms with Crippen LogP contribution in [0, 0.1) is 24.6 Å². The van der Waals surface area contributed by atoms with Gasteiger partial charge in [0.05, 0.1) is 11.4 Å². The fourth-order valence-electron chi connectivity index (χ4n) is 5.27. The molecule has 1 aliphatic heterocycles. The lowest BCUT2D eigenvalue weighted by molar-refractivity contribution is -0.137. The minimum absolute atomic E-state index is 0.00308. The van der Waals surface area contributed by atoms with Crippen LogP contribution in [-0.2, 0) is 12.7 Å². The number of halogens is 4. The third kappa shape index (κ3) is 4.75. The molecule has 2 fully saturated rings. The van der Waals surface area contributed by atoms with Crippen LogP contribution < -0.4 is 5.32 Å². The second kappa shape index (κ2) is 8.94. The highest BCUT2D eigenvalue weighted by atomic mass is 19.4. The lowest BCUT2D eigenvalue weighted by Crippen LogP contribution is -2.26. The van der Waals surface area contributed by atoms with E-state index in [9.17, 15) is 17.6 Å². The number of aryl methyl sites for hydroxylation is 1. The molecule has 0 amide bonds. The van der Waals surface area contributed by atoms with Crippen LogP contribution in [0.3, 0.4) is 0 Å². The van der Waals surface area contributed by atoms with Crippen LogP contribution in [0.4, 0.5) is 23.4 Å². The number of benzene rings is 1. The van der Waals surface area contributed by atoms with Gasteiger partial charge < -0.3 is 5.32 Å². The second-order valence-electron chi connectivity index (χ2n) is 9.30. The number of pyridine rings is 1. The third-order valence-electron chi connectivity index (χ3n) is 6.85. The molecular weight excluding hydrogens is 446 g/mol. The lowest BCUT2D eigenvalue weighted by Gasteiger charge is -2.21. The highest BCUT2D eigenvalue weighted by Crippen LogP contribution is 2.41. The third-order valence-corrected chi connectivity index (χ3v) is 6.85. The minimum atomic E-state index is -4.61. The van der Waals surface area contributed by atoms with Crippen molar-refractivity contribution in [2.24, 2.45) is 11.8 Å². The van der Waals surface area contributed by atoms with Crippen molar-refractivity contribution in [3.05, 3.63) is 71.3 Å². The smallest absolute Gasteiger partial charge is 0.365 e. The summed E-state index contributed by atoms with van der Waals surface area (Å²) >= 11 is 0. The van der Waals surface area contributed by atoms with Gasteiger partial charge in [0.1, 0.15) is 11.4 Å². The van der Waals surface area contributed by atoms with Gasteiger partial charge in [-0.3, -0.25) is 9.88 Å². The predicted octanol–water partition coefficient (Wildman–Crippen LogP) is 5.33. The number of fused-ring (bicyclic) bond motifs is 1. The number of hydrogen-bond donors (Lipinski definition) is 1. The zero-order valence-corrected chi connectivity index (χ0v) is 18.7. The van der Waals surface area contributed by atoms with Crippen LogP contribution >= 0.6 is 0 Å². The second-order valence-corrected chi connectivity index (χ2v) is 9.30. The van der Waals surface area contributed by atoms with E-state index in [1.165, 1.54) is 18.2 Å². The van der Waals surface area contributed by atoms with E-state index in [1.807, 2.05) is 18.2 Å². The molecule has 5 nitrogen and oxygen atoms in total. The molecule has 0 radical (unpaired) electrons. The van der Waals surface area contributed by atoms with Gasteiger partial charge in [-0.15, -0.1) is 10.2 Å². The van der Waals surface area contributed by atoms with Crippen molar-refractivity contribution in [3.8, 4) is 11.3 Å². The Balaban J connectivity index is 1.29. The summed E-state index contributed by atoms with van der Waals surface area (Å²) in [5, 5.41) is 10.9. The Morgan fingerprint density at radius 3 is 2.47 bits per heavy atom. The highest BCUT2D eigenvalue weighted by molar-refractivity contribution is 5.65. The molecule has 3 aromatic rings. The molecule has 1 saturated heterocycles. The Bertz CT molecular complexity index is 1150. The van der Waals surface area contributed by atoms with Crippen molar-refractivity contribution in [2.75, 3.05) is 18.4 Å². The van der Waals surface area contributed by atoms with Crippen LogP contribution in [0.15, 0.2) is 48.7 Å². The highest BCUT2D eigenvalue weighted by Gasteiger charge is 2.42. The van der Waals surface area contributed by atoms with E-state index >= 15 is 0 Å². The summed E-state index contributed by atoms with van der Waals surface area (Å²) < 4.78 is 55.4. The van der Waals surface area contributed by atoms with Gasteiger partial charge in [0, 0.05) is 37.4 Å². The fourth-order valence-corrected chi connectivity index (χ4v) is 5.27. The molecule has 0 unspecified atom stereocenters. The Hall–Kier alpha value is -3.07. The summed E-state index contributed by atoms with van der Waals surface area (Å²) in [6.45, 7) is 4.31. The molecule has 3 heterocycles. The van der Waals surface area contributed by atoms with Crippen molar-refractivity contribution in [2.45, 2.75) is 38.5 Å². The standard InChI is InChI=1S/C25H25F4N5/c1-15-5-6-18(26)10-21(15)23-11-22(25(27,28)29)24(33-32-23)31-20-8-16-12-34(13-17(16)9-20)14-19-4-2-3-7-30-19/h2-7,10-11,16-17,20H,8-9,12-14H2,1H3,(H,31,33)/t16-,17+,20-. The van der Waals surface area contributed by atoms with Crippen LogP contribution in [0.2, 0.25) is 0 Å². The van der Waals surface area contributed by atoms with Crippen molar-refractivity contribution >= 4 is 5.82 Å². The first-order chi connectivity index (χ1) is 16.3. The normalized spacial score (nSPS) is 22.7. The van der Waals surface area contributed by atoms with E-state index in [0.29, 0.717) is 23.0 Å². The van der Waals surface area contributed by atoms with E-state index in [1.54, 1.807) is 13.1 Å². The average molecular weight is 472 g/mol. The van der Waals surface area contributed by atoms with Crippen molar-refractivity contribution in [3.63, 3.8) is 0 Å². The summed E-state index contributed by atoms with van der Waals surface area (Å²) in [6.07, 6.45) is -1.26. The molecule has 5 rings (SSSR count). The summed E-state index contributed by atoms with van der Waals surface area (Å²) in [7, 11) is 0. The summed E-state index contributed by atoms with van der Waals surface area (Å²) in [5.74, 6) is 0.0591. The molecule has 178 valence electrons. The van der Waals surface area contributed by atoms with Crippen LogP contribution in [0.5, 0.6) is 0 Å². The SMILES string of the molecule is Cc1ccc(F)cc1-c1cc(C(F)(F)F)c(N[C@@H]2C[C@@H]3CN(Cc4ccccn4)C[C@@H]3C2)nn1. The van der Waals surface area contributed by atoms with Gasteiger partial charge in [0.25, 0.3) is 0 Å². The monoisotopic (exact) mass is 471 g/mol. The number of likely N-dealkylation sites (tertiary alicyclic amines) is 1. The Labute approximate surface area is 195 Å². The first-order valence-electron chi connectivity index (χ1n) is 11.4. The first-order valence-corrected chi connectivity index (χ1v) is 11.4. The molecule has 1 aliphatic carbocycles. The maximum absolute atomic E-state index is 13.9. The maximum Gasteiger partial charge on any atom is 0.420 e. The fraction of sp³-hybridized carbons (Fsp3) is 0.400. The van der Waals surface area contributed by atoms with E-state index in [2.05, 4.69) is 25.4 Å². The van der Waals surface area contributed by atoms with Gasteiger partial charge in [-0.2, -0.15) is 13.2 Å². The topological polar surface area (TPSA) is 53.9 Å². The van der Waals surface area contributed by atoms with Gasteiger partial charge in [-0.25, -0.2) is 4.39 Å². The minimum Gasteiger partial charge on any atom is -0.365 e. The molecule has 1 aromatic carbocycles. The van der Waals surface area contributed by atoms with Gasteiger partial charge in [-0.1, -0.05) is 12.1 Å². The van der Waals surface area contributed by atoms with Crippen LogP contribution in [0.25, 0.3) is 11.3 Å². The molecule has 3 atom stereocenters. The summed E-state index contributed by atoms with van der Waals surface area (Å²) in [6, 6.07) is 10.7. The Kier molecular flexibility index (Phi) is 5.97. The van der Waals surface area contributed by atoms with Crippen molar-refractivity contribution in [1.82, 2.24) is 20.1 Å². The molecule has 34 heavy (non-hydrogen) atoms.